The van der Waals surface area contributed by atoms with Crippen LogP contribution in [-0.2, 0) is 4.79 Å². The molecule has 2 aromatic rings. The lowest BCUT2D eigenvalue weighted by Crippen LogP contribution is -2.12. The van der Waals surface area contributed by atoms with Gasteiger partial charge in [-0.1, -0.05) is 0 Å². The predicted octanol–water partition coefficient (Wildman–Crippen LogP) is 3.91. The smallest absolute Gasteiger partial charge is 0.231 e. The van der Waals surface area contributed by atoms with Crippen LogP contribution in [0.5, 0.6) is 5.75 Å². The first-order valence-corrected chi connectivity index (χ1v) is 7.81. The molecule has 0 saturated heterocycles. The standard InChI is InChI=1S/C17H13BrFNO3/c1-9-12-6-10(2-4-14(12)20-17(9)22)15(21)8-23-16-5-3-11(19)7-13(16)18/h2-7,9H,8H2,1H3,(H,20,22)/t9-/m1/s1. The molecule has 0 unspecified atom stereocenters. The van der Waals surface area contributed by atoms with Crippen molar-refractivity contribution < 1.29 is 18.7 Å². The van der Waals surface area contributed by atoms with Crippen LogP contribution in [0.25, 0.3) is 0 Å². The van der Waals surface area contributed by atoms with E-state index < -0.39 is 0 Å². The number of hydrogen-bond donors (Lipinski definition) is 1. The Morgan fingerprint density at radius 3 is 2.83 bits per heavy atom. The van der Waals surface area contributed by atoms with Crippen molar-refractivity contribution in [3.63, 3.8) is 0 Å². The first-order chi connectivity index (χ1) is 11.0. The molecule has 1 amide bonds. The minimum absolute atomic E-state index is 0.0731. The van der Waals surface area contributed by atoms with Gasteiger partial charge in [0, 0.05) is 11.3 Å². The molecule has 0 aliphatic carbocycles. The zero-order valence-corrected chi connectivity index (χ0v) is 13.8. The van der Waals surface area contributed by atoms with Crippen molar-refractivity contribution in [3.8, 4) is 5.75 Å². The average molecular weight is 378 g/mol. The quantitative estimate of drug-likeness (QED) is 0.821. The molecule has 4 nitrogen and oxygen atoms in total. The van der Waals surface area contributed by atoms with Crippen molar-refractivity contribution in [1.82, 2.24) is 0 Å². The molecule has 3 rings (SSSR count). The minimum Gasteiger partial charge on any atom is -0.484 e. The van der Waals surface area contributed by atoms with E-state index in [4.69, 9.17) is 4.74 Å². The first-order valence-electron chi connectivity index (χ1n) is 7.01. The third-order valence-electron chi connectivity index (χ3n) is 3.74. The topological polar surface area (TPSA) is 55.4 Å². The Balaban J connectivity index is 1.73. The Morgan fingerprint density at radius 1 is 1.30 bits per heavy atom. The van der Waals surface area contributed by atoms with E-state index in [1.807, 2.05) is 0 Å². The maximum atomic E-state index is 13.0. The molecular formula is C17H13BrFNO3. The van der Waals surface area contributed by atoms with E-state index in [9.17, 15) is 14.0 Å². The minimum atomic E-state index is -0.389. The van der Waals surface area contributed by atoms with E-state index >= 15 is 0 Å². The Kier molecular flexibility index (Phi) is 4.17. The van der Waals surface area contributed by atoms with Crippen molar-refractivity contribution in [1.29, 1.82) is 0 Å². The normalized spacial score (nSPS) is 16.0. The first kappa shape index (κ1) is 15.7. The van der Waals surface area contributed by atoms with Crippen LogP contribution in [0, 0.1) is 5.82 Å². The number of nitrogens with one attached hydrogen (secondary N) is 1. The number of Topliss-reactive ketones (excluding diaryl/α,β-unsaturated/α-hetero) is 1. The van der Waals surface area contributed by atoms with Crippen molar-refractivity contribution in [2.45, 2.75) is 12.8 Å². The molecule has 0 saturated carbocycles. The summed E-state index contributed by atoms with van der Waals surface area (Å²) in [6.07, 6.45) is 0. The van der Waals surface area contributed by atoms with Crippen LogP contribution < -0.4 is 10.1 Å². The number of fused-ring (bicyclic) bond motifs is 1. The van der Waals surface area contributed by atoms with Crippen LogP contribution in [0.4, 0.5) is 10.1 Å². The zero-order chi connectivity index (χ0) is 16.6. The van der Waals surface area contributed by atoms with E-state index in [1.165, 1.54) is 18.2 Å². The number of halogens is 2. The van der Waals surface area contributed by atoms with Gasteiger partial charge in [0.1, 0.15) is 11.6 Å². The molecule has 0 radical (unpaired) electrons. The Bertz CT molecular complexity index is 806. The number of carbonyl (C=O) groups excluding carboxylic acids is 2. The number of anilines is 1. The zero-order valence-electron chi connectivity index (χ0n) is 12.2. The number of ketones is 1. The molecule has 6 heteroatoms. The molecule has 1 aliphatic rings. The Hall–Kier alpha value is -2.21. The summed E-state index contributed by atoms with van der Waals surface area (Å²) in [6, 6.07) is 9.08. The fourth-order valence-corrected chi connectivity index (χ4v) is 2.87. The van der Waals surface area contributed by atoms with Gasteiger partial charge in [0.2, 0.25) is 5.91 Å². The van der Waals surface area contributed by atoms with Gasteiger partial charge in [-0.05, 0) is 64.8 Å². The fraction of sp³-hybridized carbons (Fsp3) is 0.176. The number of benzene rings is 2. The van der Waals surface area contributed by atoms with Crippen LogP contribution in [0.15, 0.2) is 40.9 Å². The molecular weight excluding hydrogens is 365 g/mol. The largest absolute Gasteiger partial charge is 0.484 e. The highest BCUT2D eigenvalue weighted by molar-refractivity contribution is 9.10. The van der Waals surface area contributed by atoms with Gasteiger partial charge >= 0.3 is 0 Å². The molecule has 23 heavy (non-hydrogen) atoms. The lowest BCUT2D eigenvalue weighted by atomic mass is 9.99. The molecule has 1 aliphatic heterocycles. The fourth-order valence-electron chi connectivity index (χ4n) is 2.41. The van der Waals surface area contributed by atoms with Gasteiger partial charge in [-0.15, -0.1) is 0 Å². The maximum Gasteiger partial charge on any atom is 0.231 e. The van der Waals surface area contributed by atoms with Gasteiger partial charge in [-0.3, -0.25) is 9.59 Å². The molecule has 2 aromatic carbocycles. The SMILES string of the molecule is C[C@H]1C(=O)Nc2ccc(C(=O)COc3ccc(F)cc3Br)cc21. The molecule has 1 heterocycles. The van der Waals surface area contributed by atoms with Gasteiger partial charge in [0.05, 0.1) is 10.4 Å². The number of amides is 1. The van der Waals surface area contributed by atoms with Crippen LogP contribution in [0.3, 0.4) is 0 Å². The second-order valence-corrected chi connectivity index (χ2v) is 6.15. The van der Waals surface area contributed by atoms with Gasteiger partial charge in [-0.25, -0.2) is 4.39 Å². The lowest BCUT2D eigenvalue weighted by molar-refractivity contribution is -0.116. The molecule has 1 N–H and O–H groups in total. The van der Waals surface area contributed by atoms with E-state index in [1.54, 1.807) is 25.1 Å². The van der Waals surface area contributed by atoms with Crippen molar-refractivity contribution >= 4 is 33.3 Å². The number of ether oxygens (including phenoxy) is 1. The summed E-state index contributed by atoms with van der Waals surface area (Å²) in [4.78, 5) is 23.9. The molecule has 0 aromatic heterocycles. The predicted molar refractivity (Wildman–Crippen MR) is 87.4 cm³/mol. The van der Waals surface area contributed by atoms with Crippen LogP contribution >= 0.6 is 15.9 Å². The number of carbonyl (C=O) groups is 2. The maximum absolute atomic E-state index is 13.0. The molecule has 0 bridgehead atoms. The molecule has 0 fully saturated rings. The molecule has 118 valence electrons. The Labute approximate surface area is 140 Å². The van der Waals surface area contributed by atoms with Crippen LogP contribution in [-0.4, -0.2) is 18.3 Å². The highest BCUT2D eigenvalue weighted by Crippen LogP contribution is 2.33. The summed E-state index contributed by atoms with van der Waals surface area (Å²) < 4.78 is 18.9. The molecule has 1 atom stereocenters. The van der Waals surface area contributed by atoms with E-state index in [2.05, 4.69) is 21.2 Å². The van der Waals surface area contributed by atoms with Crippen LogP contribution in [0.1, 0.15) is 28.8 Å². The summed E-state index contributed by atoms with van der Waals surface area (Å²) in [5, 5.41) is 2.76. The van der Waals surface area contributed by atoms with Gasteiger partial charge < -0.3 is 10.1 Å². The van der Waals surface area contributed by atoms with Gasteiger partial charge in [-0.2, -0.15) is 0 Å². The monoisotopic (exact) mass is 377 g/mol. The highest BCUT2D eigenvalue weighted by Gasteiger charge is 2.27. The van der Waals surface area contributed by atoms with Crippen molar-refractivity contribution in [2.24, 2.45) is 0 Å². The van der Waals surface area contributed by atoms with E-state index in [0.717, 1.165) is 11.3 Å². The summed E-state index contributed by atoms with van der Waals surface area (Å²) in [5.41, 5.74) is 2.02. The summed E-state index contributed by atoms with van der Waals surface area (Å²) in [6.45, 7) is 1.63. The lowest BCUT2D eigenvalue weighted by Gasteiger charge is -2.09. The van der Waals surface area contributed by atoms with Gasteiger partial charge in [0.15, 0.2) is 12.4 Å². The third kappa shape index (κ3) is 3.12. The third-order valence-corrected chi connectivity index (χ3v) is 4.36. The van der Waals surface area contributed by atoms with Crippen molar-refractivity contribution in [3.05, 3.63) is 57.8 Å². The Morgan fingerprint density at radius 2 is 2.09 bits per heavy atom. The van der Waals surface area contributed by atoms with Crippen LogP contribution in [0.2, 0.25) is 0 Å². The van der Waals surface area contributed by atoms with E-state index in [0.29, 0.717) is 15.8 Å². The number of hydrogen-bond acceptors (Lipinski definition) is 3. The summed E-state index contributed by atoms with van der Waals surface area (Å²) >= 11 is 3.19. The second kappa shape index (κ2) is 6.12. The average Bonchev–Trinajstić information content (AvgIpc) is 2.80. The second-order valence-electron chi connectivity index (χ2n) is 5.30. The van der Waals surface area contributed by atoms with Gasteiger partial charge in [0.25, 0.3) is 0 Å². The highest BCUT2D eigenvalue weighted by atomic mass is 79.9. The summed E-state index contributed by atoms with van der Waals surface area (Å²) in [5.74, 6) is -0.553. The van der Waals surface area contributed by atoms with E-state index in [-0.39, 0.29) is 30.0 Å². The molecule has 0 spiro atoms. The number of rotatable bonds is 4. The summed E-state index contributed by atoms with van der Waals surface area (Å²) in [7, 11) is 0. The van der Waals surface area contributed by atoms with Crippen molar-refractivity contribution in [2.75, 3.05) is 11.9 Å².